The Balaban J connectivity index is 2.68. The molecule has 4 heteroatoms. The van der Waals surface area contributed by atoms with Crippen LogP contribution in [0.3, 0.4) is 0 Å². The molecule has 1 fully saturated rings. The van der Waals surface area contributed by atoms with Gasteiger partial charge in [0.25, 0.3) is 0 Å². The third-order valence-electron chi connectivity index (χ3n) is 2.75. The first-order valence-corrected chi connectivity index (χ1v) is 5.23. The lowest BCUT2D eigenvalue weighted by atomic mass is 10.2. The standard InChI is InChI=1S/C11H19N3O/c1-8(2)9(3)13-11(12)14-6-4-5-10(14)7-15/h10,12,15H,1,4-7H2,2-3H3/b12-11?,13-9-. The predicted molar refractivity (Wildman–Crippen MR) is 62.5 cm³/mol. The fourth-order valence-electron chi connectivity index (χ4n) is 1.62. The molecule has 1 aliphatic rings. The third kappa shape index (κ3) is 2.89. The molecule has 0 amide bonds. The van der Waals surface area contributed by atoms with Gasteiger partial charge in [-0.1, -0.05) is 6.58 Å². The highest BCUT2D eigenvalue weighted by atomic mass is 16.3. The van der Waals surface area contributed by atoms with Crippen molar-refractivity contribution in [3.63, 3.8) is 0 Å². The second-order valence-electron chi connectivity index (χ2n) is 3.97. The van der Waals surface area contributed by atoms with Crippen LogP contribution in [0.4, 0.5) is 0 Å². The lowest BCUT2D eigenvalue weighted by molar-refractivity contribution is 0.207. The van der Waals surface area contributed by atoms with Gasteiger partial charge in [0.05, 0.1) is 12.6 Å². The zero-order valence-electron chi connectivity index (χ0n) is 9.45. The molecule has 15 heavy (non-hydrogen) atoms. The summed E-state index contributed by atoms with van der Waals surface area (Å²) >= 11 is 0. The van der Waals surface area contributed by atoms with E-state index in [0.29, 0.717) is 0 Å². The number of rotatable bonds is 2. The normalized spacial score (nSPS) is 21.9. The first kappa shape index (κ1) is 11.9. The second kappa shape index (κ2) is 5.07. The van der Waals surface area contributed by atoms with Gasteiger partial charge in [-0.3, -0.25) is 5.41 Å². The zero-order valence-corrected chi connectivity index (χ0v) is 9.45. The van der Waals surface area contributed by atoms with Crippen LogP contribution in [0, 0.1) is 5.41 Å². The summed E-state index contributed by atoms with van der Waals surface area (Å²) in [5.41, 5.74) is 1.66. The minimum atomic E-state index is 0.0687. The van der Waals surface area contributed by atoms with Crippen LogP contribution >= 0.6 is 0 Å². The van der Waals surface area contributed by atoms with Gasteiger partial charge in [0.15, 0.2) is 0 Å². The fourth-order valence-corrected chi connectivity index (χ4v) is 1.62. The summed E-state index contributed by atoms with van der Waals surface area (Å²) in [6.07, 6.45) is 1.97. The van der Waals surface area contributed by atoms with E-state index in [1.54, 1.807) is 0 Å². The maximum atomic E-state index is 9.12. The summed E-state index contributed by atoms with van der Waals surface area (Å²) < 4.78 is 0. The van der Waals surface area contributed by atoms with E-state index in [-0.39, 0.29) is 18.6 Å². The maximum Gasteiger partial charge on any atom is 0.218 e. The van der Waals surface area contributed by atoms with Crippen LogP contribution in [0.1, 0.15) is 26.7 Å². The summed E-state index contributed by atoms with van der Waals surface area (Å²) in [5.74, 6) is 0.243. The molecule has 0 saturated carbocycles. The van der Waals surface area contributed by atoms with E-state index in [2.05, 4.69) is 11.6 Å². The first-order chi connectivity index (χ1) is 7.06. The van der Waals surface area contributed by atoms with Crippen LogP contribution in [-0.2, 0) is 0 Å². The first-order valence-electron chi connectivity index (χ1n) is 5.23. The van der Waals surface area contributed by atoms with Crippen LogP contribution in [0.25, 0.3) is 0 Å². The molecule has 1 aliphatic heterocycles. The van der Waals surface area contributed by atoms with Crippen LogP contribution in [0.2, 0.25) is 0 Å². The van der Waals surface area contributed by atoms with Gasteiger partial charge >= 0.3 is 0 Å². The number of likely N-dealkylation sites (tertiary alicyclic amines) is 1. The highest BCUT2D eigenvalue weighted by Gasteiger charge is 2.25. The van der Waals surface area contributed by atoms with Crippen LogP contribution in [0.5, 0.6) is 0 Å². The molecule has 2 N–H and O–H groups in total. The highest BCUT2D eigenvalue weighted by Crippen LogP contribution is 2.17. The van der Waals surface area contributed by atoms with Crippen LogP contribution in [-0.4, -0.2) is 40.9 Å². The SMILES string of the molecule is C=C(C)/C(C)=N\C(=N)N1CCCC1CO. The molecule has 1 heterocycles. The number of guanidine groups is 1. The molecule has 0 spiro atoms. The second-order valence-corrected chi connectivity index (χ2v) is 3.97. The Labute approximate surface area is 90.8 Å². The molecule has 0 radical (unpaired) electrons. The van der Waals surface area contributed by atoms with Gasteiger partial charge in [0, 0.05) is 12.3 Å². The molecule has 0 aliphatic carbocycles. The van der Waals surface area contributed by atoms with Gasteiger partial charge in [0.1, 0.15) is 0 Å². The van der Waals surface area contributed by atoms with Gasteiger partial charge in [0.2, 0.25) is 5.96 Å². The molecule has 1 saturated heterocycles. The quantitative estimate of drug-likeness (QED) is 0.533. The van der Waals surface area contributed by atoms with Gasteiger partial charge in [-0.25, -0.2) is 4.99 Å². The third-order valence-corrected chi connectivity index (χ3v) is 2.75. The minimum Gasteiger partial charge on any atom is -0.394 e. The average Bonchev–Trinajstić information content (AvgIpc) is 2.64. The van der Waals surface area contributed by atoms with Gasteiger partial charge < -0.3 is 10.0 Å². The summed E-state index contributed by atoms with van der Waals surface area (Å²) in [6, 6.07) is 0.0687. The Kier molecular flexibility index (Phi) is 4.03. The molecule has 1 atom stereocenters. The fraction of sp³-hybridized carbons (Fsp3) is 0.636. The largest absolute Gasteiger partial charge is 0.394 e. The van der Waals surface area contributed by atoms with E-state index in [9.17, 15) is 0 Å². The van der Waals surface area contributed by atoms with E-state index in [1.165, 1.54) is 0 Å². The minimum absolute atomic E-state index is 0.0687. The molecule has 0 aromatic carbocycles. The lowest BCUT2D eigenvalue weighted by Crippen LogP contribution is -2.36. The molecule has 1 rings (SSSR count). The highest BCUT2D eigenvalue weighted by molar-refractivity contribution is 6.04. The maximum absolute atomic E-state index is 9.12. The molecule has 84 valence electrons. The van der Waals surface area contributed by atoms with Gasteiger partial charge in [-0.15, -0.1) is 0 Å². The Morgan fingerprint density at radius 3 is 2.80 bits per heavy atom. The Bertz CT molecular complexity index is 296. The number of nitrogens with zero attached hydrogens (tertiary/aromatic N) is 2. The van der Waals surface area contributed by atoms with Crippen LogP contribution in [0.15, 0.2) is 17.1 Å². The van der Waals surface area contributed by atoms with Crippen molar-refractivity contribution in [1.82, 2.24) is 4.90 Å². The number of nitrogens with one attached hydrogen (secondary N) is 1. The van der Waals surface area contributed by atoms with Crippen molar-refractivity contribution in [3.05, 3.63) is 12.2 Å². The van der Waals surface area contributed by atoms with Crippen molar-refractivity contribution in [2.75, 3.05) is 13.2 Å². The summed E-state index contributed by atoms with van der Waals surface area (Å²) in [4.78, 5) is 6.03. The number of allylic oxidation sites excluding steroid dienone is 1. The number of aliphatic hydroxyl groups excluding tert-OH is 1. The molecule has 1 unspecified atom stereocenters. The average molecular weight is 209 g/mol. The molecule has 0 aromatic heterocycles. The smallest absolute Gasteiger partial charge is 0.218 e. The van der Waals surface area contributed by atoms with E-state index in [4.69, 9.17) is 10.5 Å². The molecule has 0 bridgehead atoms. The number of hydrogen-bond donors (Lipinski definition) is 2. The summed E-state index contributed by atoms with van der Waals surface area (Å²) in [6.45, 7) is 8.42. The Morgan fingerprint density at radius 2 is 2.27 bits per heavy atom. The van der Waals surface area contributed by atoms with E-state index >= 15 is 0 Å². The lowest BCUT2D eigenvalue weighted by Gasteiger charge is -2.23. The molecule has 4 nitrogen and oxygen atoms in total. The van der Waals surface area contributed by atoms with Crippen molar-refractivity contribution in [1.29, 1.82) is 5.41 Å². The summed E-state index contributed by atoms with van der Waals surface area (Å²) in [5, 5.41) is 17.0. The number of aliphatic imine (C=N–C) groups is 1. The van der Waals surface area contributed by atoms with Crippen LogP contribution < -0.4 is 0 Å². The van der Waals surface area contributed by atoms with Gasteiger partial charge in [-0.2, -0.15) is 0 Å². The Morgan fingerprint density at radius 1 is 1.60 bits per heavy atom. The van der Waals surface area contributed by atoms with E-state index in [1.807, 2.05) is 18.7 Å². The number of aliphatic hydroxyl groups is 1. The van der Waals surface area contributed by atoms with Crippen molar-refractivity contribution in [2.24, 2.45) is 4.99 Å². The van der Waals surface area contributed by atoms with E-state index < -0.39 is 0 Å². The molecule has 0 aromatic rings. The monoisotopic (exact) mass is 209 g/mol. The topological polar surface area (TPSA) is 59.7 Å². The predicted octanol–water partition coefficient (Wildman–Crippen LogP) is 1.41. The number of hydrogen-bond acceptors (Lipinski definition) is 2. The van der Waals surface area contributed by atoms with E-state index in [0.717, 1.165) is 30.7 Å². The van der Waals surface area contributed by atoms with Crippen molar-refractivity contribution >= 4 is 11.7 Å². The van der Waals surface area contributed by atoms with Crippen molar-refractivity contribution in [3.8, 4) is 0 Å². The zero-order chi connectivity index (χ0) is 11.4. The Hall–Kier alpha value is -1.16. The van der Waals surface area contributed by atoms with Crippen molar-refractivity contribution < 1.29 is 5.11 Å². The summed E-state index contributed by atoms with van der Waals surface area (Å²) in [7, 11) is 0. The van der Waals surface area contributed by atoms with Crippen molar-refractivity contribution in [2.45, 2.75) is 32.7 Å². The molecular weight excluding hydrogens is 190 g/mol. The molecular formula is C11H19N3O. The van der Waals surface area contributed by atoms with Gasteiger partial charge in [-0.05, 0) is 32.3 Å².